The fraction of sp³-hybridized carbons (Fsp3) is 0.316. The van der Waals surface area contributed by atoms with Gasteiger partial charge in [-0.05, 0) is 18.4 Å². The monoisotopic (exact) mass is 469 g/mol. The summed E-state index contributed by atoms with van der Waals surface area (Å²) in [6.07, 6.45) is 7.03. The quantitative estimate of drug-likeness (QED) is 0.419. The maximum atomic E-state index is 12.2. The number of hydrogen-bond donors (Lipinski definition) is 2. The first-order valence-corrected chi connectivity index (χ1v) is 12.3. The lowest BCUT2D eigenvalue weighted by molar-refractivity contribution is 0.0719. The van der Waals surface area contributed by atoms with Crippen LogP contribution in [0.4, 0.5) is 11.6 Å². The van der Waals surface area contributed by atoms with Crippen LogP contribution in [0.25, 0.3) is 21.5 Å². The number of nitrogens with zero attached hydrogens (tertiary/aromatic N) is 7. The zero-order chi connectivity index (χ0) is 22.3. The van der Waals surface area contributed by atoms with Gasteiger partial charge in [-0.1, -0.05) is 0 Å². The number of sulfonamides is 1. The summed E-state index contributed by atoms with van der Waals surface area (Å²) in [4.78, 5) is 9.25. The van der Waals surface area contributed by atoms with Crippen LogP contribution in [0.15, 0.2) is 36.2 Å². The number of anilines is 2. The van der Waals surface area contributed by atoms with Crippen LogP contribution in [0, 0.1) is 11.3 Å². The predicted octanol–water partition coefficient (Wildman–Crippen LogP) is 2.30. The number of rotatable bonds is 7. The first-order valence-electron chi connectivity index (χ1n) is 9.85. The summed E-state index contributed by atoms with van der Waals surface area (Å²) in [7, 11) is -3.31. The van der Waals surface area contributed by atoms with Gasteiger partial charge in [-0.15, -0.1) is 11.3 Å². The summed E-state index contributed by atoms with van der Waals surface area (Å²) in [6, 6.07) is 4.11. The van der Waals surface area contributed by atoms with Crippen molar-refractivity contribution >= 4 is 43.2 Å². The molecule has 32 heavy (non-hydrogen) atoms. The molecule has 0 saturated carbocycles. The van der Waals surface area contributed by atoms with Crippen LogP contribution in [0.1, 0.15) is 13.3 Å². The van der Waals surface area contributed by atoms with Crippen LogP contribution in [-0.2, 0) is 15.6 Å². The Labute approximate surface area is 187 Å². The molecule has 13 heteroatoms. The van der Waals surface area contributed by atoms with E-state index in [1.165, 1.54) is 15.6 Å². The number of aromatic amines is 1. The molecule has 4 aromatic rings. The zero-order valence-corrected chi connectivity index (χ0v) is 18.7. The van der Waals surface area contributed by atoms with Gasteiger partial charge in [-0.25, -0.2) is 18.4 Å². The van der Waals surface area contributed by atoms with E-state index in [1.54, 1.807) is 30.2 Å². The summed E-state index contributed by atoms with van der Waals surface area (Å²) in [6.45, 7) is 2.06. The molecular weight excluding hydrogens is 450 g/mol. The maximum absolute atomic E-state index is 12.2. The maximum Gasteiger partial charge on any atom is 0.228 e. The predicted molar refractivity (Wildman–Crippen MR) is 120 cm³/mol. The topological polar surface area (TPSA) is 145 Å². The van der Waals surface area contributed by atoms with Crippen LogP contribution in [0.3, 0.4) is 0 Å². The molecule has 5 heterocycles. The molecule has 1 saturated heterocycles. The highest BCUT2D eigenvalue weighted by molar-refractivity contribution is 7.89. The summed E-state index contributed by atoms with van der Waals surface area (Å²) in [5.74, 6) is 0.458. The Morgan fingerprint density at radius 3 is 2.91 bits per heavy atom. The molecule has 11 nitrogen and oxygen atoms in total. The average Bonchev–Trinajstić information content (AvgIpc) is 3.51. The molecule has 5 rings (SSSR count). The van der Waals surface area contributed by atoms with Gasteiger partial charge in [0.05, 0.1) is 52.2 Å². The van der Waals surface area contributed by atoms with Crippen molar-refractivity contribution in [2.24, 2.45) is 0 Å². The molecule has 164 valence electrons. The number of nitrogens with one attached hydrogen (secondary N) is 2. The highest BCUT2D eigenvalue weighted by atomic mass is 32.2. The van der Waals surface area contributed by atoms with Crippen LogP contribution >= 0.6 is 11.3 Å². The van der Waals surface area contributed by atoms with E-state index in [-0.39, 0.29) is 25.3 Å². The van der Waals surface area contributed by atoms with E-state index in [1.807, 2.05) is 17.6 Å². The minimum absolute atomic E-state index is 0.0315. The van der Waals surface area contributed by atoms with Crippen molar-refractivity contribution in [2.75, 3.05) is 24.2 Å². The molecule has 0 bridgehead atoms. The number of hydrogen-bond acceptors (Lipinski definition) is 9. The molecule has 4 aromatic heterocycles. The minimum atomic E-state index is -3.31. The Morgan fingerprint density at radius 2 is 2.19 bits per heavy atom. The van der Waals surface area contributed by atoms with Gasteiger partial charge in [-0.3, -0.25) is 9.78 Å². The van der Waals surface area contributed by atoms with Crippen LogP contribution in [0.5, 0.6) is 0 Å². The number of fused-ring (bicyclic) bond motifs is 1. The Balaban J connectivity index is 1.50. The van der Waals surface area contributed by atoms with Crippen LogP contribution in [0.2, 0.25) is 0 Å². The van der Waals surface area contributed by atoms with Gasteiger partial charge in [0.15, 0.2) is 0 Å². The molecule has 0 amide bonds. The van der Waals surface area contributed by atoms with Crippen molar-refractivity contribution < 1.29 is 8.42 Å². The molecule has 1 fully saturated rings. The first-order chi connectivity index (χ1) is 15.4. The molecule has 2 N–H and O–H groups in total. The van der Waals surface area contributed by atoms with E-state index < -0.39 is 15.6 Å². The van der Waals surface area contributed by atoms with Crippen molar-refractivity contribution in [1.82, 2.24) is 34.3 Å². The molecule has 0 radical (unpaired) electrons. The van der Waals surface area contributed by atoms with E-state index >= 15 is 0 Å². The Morgan fingerprint density at radius 1 is 1.34 bits per heavy atom. The number of thiophene rings is 1. The molecular formula is C19H19N9O2S2. The summed E-state index contributed by atoms with van der Waals surface area (Å²) in [5, 5.41) is 25.6. The summed E-state index contributed by atoms with van der Waals surface area (Å²) < 4.78 is 28.4. The van der Waals surface area contributed by atoms with Crippen LogP contribution in [-0.4, -0.2) is 61.5 Å². The van der Waals surface area contributed by atoms with Gasteiger partial charge >= 0.3 is 0 Å². The number of H-pyrrole nitrogens is 1. The van der Waals surface area contributed by atoms with Crippen molar-refractivity contribution in [2.45, 2.75) is 18.9 Å². The molecule has 0 unspecified atom stereocenters. The second-order valence-corrected chi connectivity index (χ2v) is 10.7. The van der Waals surface area contributed by atoms with Gasteiger partial charge in [0.25, 0.3) is 0 Å². The van der Waals surface area contributed by atoms with E-state index in [0.29, 0.717) is 11.6 Å². The SMILES string of the molecule is CCS(=O)(=O)N1CC(CC#N)(n2cc(-c3nc(Nc4cn[nH]c4)nc4ccsc34)cn2)C1. The highest BCUT2D eigenvalue weighted by Gasteiger charge is 2.49. The van der Waals surface area contributed by atoms with Crippen molar-refractivity contribution in [3.63, 3.8) is 0 Å². The lowest BCUT2D eigenvalue weighted by atomic mass is 9.89. The Hall–Kier alpha value is -3.34. The molecule has 0 aliphatic carbocycles. The van der Waals surface area contributed by atoms with Gasteiger partial charge in [0, 0.05) is 31.0 Å². The van der Waals surface area contributed by atoms with E-state index in [4.69, 9.17) is 4.98 Å². The van der Waals surface area contributed by atoms with Gasteiger partial charge in [0.2, 0.25) is 16.0 Å². The molecule has 0 aromatic carbocycles. The third kappa shape index (κ3) is 3.42. The van der Waals surface area contributed by atoms with Gasteiger partial charge in [0.1, 0.15) is 5.54 Å². The lowest BCUT2D eigenvalue weighted by Gasteiger charge is -2.47. The normalized spacial score (nSPS) is 16.0. The minimum Gasteiger partial charge on any atom is -0.321 e. The summed E-state index contributed by atoms with van der Waals surface area (Å²) >= 11 is 1.53. The van der Waals surface area contributed by atoms with Crippen molar-refractivity contribution in [3.8, 4) is 17.3 Å². The second-order valence-electron chi connectivity index (χ2n) is 7.54. The third-order valence-electron chi connectivity index (χ3n) is 5.51. The van der Waals surface area contributed by atoms with Gasteiger partial charge < -0.3 is 5.32 Å². The first kappa shape index (κ1) is 20.6. The molecule has 0 spiro atoms. The second kappa shape index (κ2) is 7.66. The zero-order valence-electron chi connectivity index (χ0n) is 17.1. The fourth-order valence-electron chi connectivity index (χ4n) is 3.74. The van der Waals surface area contributed by atoms with E-state index in [9.17, 15) is 13.7 Å². The van der Waals surface area contributed by atoms with Crippen molar-refractivity contribution in [3.05, 3.63) is 36.2 Å². The lowest BCUT2D eigenvalue weighted by Crippen LogP contribution is -2.64. The molecule has 0 atom stereocenters. The number of nitriles is 1. The van der Waals surface area contributed by atoms with Crippen molar-refractivity contribution in [1.29, 1.82) is 5.26 Å². The summed E-state index contributed by atoms with van der Waals surface area (Å²) in [5.41, 5.74) is 2.33. The van der Waals surface area contributed by atoms with E-state index in [0.717, 1.165) is 21.5 Å². The smallest absolute Gasteiger partial charge is 0.228 e. The third-order valence-corrected chi connectivity index (χ3v) is 8.19. The number of aromatic nitrogens is 6. The molecule has 1 aliphatic heterocycles. The highest BCUT2D eigenvalue weighted by Crippen LogP contribution is 2.37. The Kier molecular flexibility index (Phi) is 4.92. The Bertz CT molecular complexity index is 1410. The van der Waals surface area contributed by atoms with Crippen LogP contribution < -0.4 is 5.32 Å². The van der Waals surface area contributed by atoms with E-state index in [2.05, 4.69) is 31.7 Å². The van der Waals surface area contributed by atoms with Gasteiger partial charge in [-0.2, -0.15) is 19.8 Å². The average molecular weight is 470 g/mol. The largest absolute Gasteiger partial charge is 0.321 e. The standard InChI is InChI=1S/C19H19N9O2S2/c1-2-32(29,30)27-11-19(12-27,4-5-20)28-10-13(7-23-28)16-17-15(3-6-31-17)25-18(26-16)24-14-8-21-22-9-14/h3,6-10H,2,4,11-12H2,1H3,(H,21,22)(H,24,25,26). The molecule has 1 aliphatic rings. The fourth-order valence-corrected chi connectivity index (χ4v) is 5.82.